The van der Waals surface area contributed by atoms with Crippen molar-refractivity contribution in [3.05, 3.63) is 59.9 Å². The van der Waals surface area contributed by atoms with E-state index in [1.54, 1.807) is 10.8 Å². The summed E-state index contributed by atoms with van der Waals surface area (Å²) in [5, 5.41) is 12.5. The van der Waals surface area contributed by atoms with Crippen LogP contribution in [0.25, 0.3) is 11.7 Å². The fourth-order valence-corrected chi connectivity index (χ4v) is 3.25. The number of fused-ring (bicyclic) bond motifs is 1. The van der Waals surface area contributed by atoms with Gasteiger partial charge in [0.25, 0.3) is 0 Å². The van der Waals surface area contributed by atoms with E-state index in [0.717, 1.165) is 44.2 Å². The quantitative estimate of drug-likeness (QED) is 0.733. The Kier molecular flexibility index (Phi) is 4.43. The Hall–Kier alpha value is -2.73. The summed E-state index contributed by atoms with van der Waals surface area (Å²) in [5.74, 6) is 0.989. The van der Waals surface area contributed by atoms with Crippen LogP contribution in [0.3, 0.4) is 0 Å². The molecule has 0 amide bonds. The second-order valence-electron chi connectivity index (χ2n) is 6.49. The smallest absolute Gasteiger partial charge is 0.177 e. The van der Waals surface area contributed by atoms with Gasteiger partial charge in [-0.1, -0.05) is 42.0 Å². The summed E-state index contributed by atoms with van der Waals surface area (Å²) in [7, 11) is 0. The third-order valence-electron chi connectivity index (χ3n) is 4.53. The molecule has 4 rings (SSSR count). The SMILES string of the molecule is C/C(=C\c1ccccc1)CN1CCN(c2ccc3nncn3n2)CC1. The maximum Gasteiger partial charge on any atom is 0.177 e. The molecule has 0 atom stereocenters. The van der Waals surface area contributed by atoms with E-state index in [-0.39, 0.29) is 0 Å². The Morgan fingerprint density at radius 1 is 1.04 bits per heavy atom. The summed E-state index contributed by atoms with van der Waals surface area (Å²) in [6, 6.07) is 14.5. The van der Waals surface area contributed by atoms with Crippen LogP contribution in [-0.4, -0.2) is 57.4 Å². The van der Waals surface area contributed by atoms with Gasteiger partial charge in [0.15, 0.2) is 5.65 Å². The highest BCUT2D eigenvalue weighted by Gasteiger charge is 2.18. The van der Waals surface area contributed by atoms with Crippen molar-refractivity contribution in [2.45, 2.75) is 6.92 Å². The first-order valence-electron chi connectivity index (χ1n) is 8.64. The van der Waals surface area contributed by atoms with Gasteiger partial charge in [-0.25, -0.2) is 0 Å². The topological polar surface area (TPSA) is 49.6 Å². The number of hydrogen-bond acceptors (Lipinski definition) is 5. The van der Waals surface area contributed by atoms with E-state index < -0.39 is 0 Å². The van der Waals surface area contributed by atoms with Crippen molar-refractivity contribution in [3.63, 3.8) is 0 Å². The Bertz CT molecular complexity index is 862. The Morgan fingerprint density at radius 3 is 2.64 bits per heavy atom. The lowest BCUT2D eigenvalue weighted by Gasteiger charge is -2.35. The first-order valence-corrected chi connectivity index (χ1v) is 8.64. The summed E-state index contributed by atoms with van der Waals surface area (Å²) in [6.07, 6.45) is 3.92. The van der Waals surface area contributed by atoms with Crippen LogP contribution in [0.4, 0.5) is 5.82 Å². The third-order valence-corrected chi connectivity index (χ3v) is 4.53. The number of piperazine rings is 1. The first-order chi connectivity index (χ1) is 12.3. The highest BCUT2D eigenvalue weighted by Crippen LogP contribution is 2.15. The van der Waals surface area contributed by atoms with Crippen LogP contribution in [0.5, 0.6) is 0 Å². The standard InChI is InChI=1S/C19H22N6/c1-16(13-17-5-3-2-4-6-17)14-23-9-11-24(12-10-23)19-8-7-18-21-20-15-25(18)22-19/h2-8,13,15H,9-12,14H2,1H3/b16-13+. The van der Waals surface area contributed by atoms with Gasteiger partial charge in [0.2, 0.25) is 0 Å². The van der Waals surface area contributed by atoms with Crippen LogP contribution in [0, 0.1) is 0 Å². The molecule has 2 aromatic heterocycles. The molecule has 0 N–H and O–H groups in total. The minimum atomic E-state index is 0.782. The van der Waals surface area contributed by atoms with Gasteiger partial charge in [0.05, 0.1) is 0 Å². The summed E-state index contributed by atoms with van der Waals surface area (Å²) < 4.78 is 1.73. The van der Waals surface area contributed by atoms with E-state index in [1.807, 2.05) is 12.1 Å². The van der Waals surface area contributed by atoms with Crippen LogP contribution >= 0.6 is 0 Å². The molecule has 0 bridgehead atoms. The van der Waals surface area contributed by atoms with Gasteiger partial charge in [0, 0.05) is 32.7 Å². The predicted octanol–water partition coefficient (Wildman–Crippen LogP) is 2.35. The van der Waals surface area contributed by atoms with Crippen molar-refractivity contribution in [3.8, 4) is 0 Å². The Labute approximate surface area is 147 Å². The molecule has 1 fully saturated rings. The van der Waals surface area contributed by atoms with Crippen molar-refractivity contribution >= 4 is 17.5 Å². The van der Waals surface area contributed by atoms with E-state index in [1.165, 1.54) is 11.1 Å². The van der Waals surface area contributed by atoms with Gasteiger partial charge in [-0.05, 0) is 24.6 Å². The lowest BCUT2D eigenvalue weighted by atomic mass is 10.1. The number of nitrogens with zero attached hydrogens (tertiary/aromatic N) is 6. The van der Waals surface area contributed by atoms with Crippen LogP contribution in [0.1, 0.15) is 12.5 Å². The molecule has 0 unspecified atom stereocenters. The van der Waals surface area contributed by atoms with Gasteiger partial charge >= 0.3 is 0 Å². The molecule has 1 saturated heterocycles. The summed E-state index contributed by atoms with van der Waals surface area (Å²) in [6.45, 7) is 7.28. The maximum atomic E-state index is 4.59. The minimum Gasteiger partial charge on any atom is -0.353 e. The van der Waals surface area contributed by atoms with E-state index >= 15 is 0 Å². The van der Waals surface area contributed by atoms with Crippen LogP contribution in [-0.2, 0) is 0 Å². The summed E-state index contributed by atoms with van der Waals surface area (Å²) in [4.78, 5) is 4.83. The molecule has 3 aromatic rings. The van der Waals surface area contributed by atoms with Crippen LogP contribution in [0.15, 0.2) is 54.4 Å². The van der Waals surface area contributed by atoms with Gasteiger partial charge in [-0.15, -0.1) is 15.3 Å². The molecule has 3 heterocycles. The van der Waals surface area contributed by atoms with E-state index in [0.29, 0.717) is 0 Å². The van der Waals surface area contributed by atoms with Crippen molar-refractivity contribution in [2.24, 2.45) is 0 Å². The van der Waals surface area contributed by atoms with E-state index in [2.05, 4.69) is 68.4 Å². The zero-order chi connectivity index (χ0) is 17.1. The van der Waals surface area contributed by atoms with Crippen molar-refractivity contribution in [1.29, 1.82) is 0 Å². The number of anilines is 1. The molecular formula is C19H22N6. The highest BCUT2D eigenvalue weighted by atomic mass is 15.4. The number of aromatic nitrogens is 4. The normalized spacial score (nSPS) is 16.5. The molecule has 0 saturated carbocycles. The third kappa shape index (κ3) is 3.69. The predicted molar refractivity (Wildman–Crippen MR) is 99.5 cm³/mol. The molecule has 1 aliphatic heterocycles. The average molecular weight is 334 g/mol. The van der Waals surface area contributed by atoms with Crippen molar-refractivity contribution in [1.82, 2.24) is 24.7 Å². The zero-order valence-electron chi connectivity index (χ0n) is 14.4. The van der Waals surface area contributed by atoms with E-state index in [4.69, 9.17) is 0 Å². The minimum absolute atomic E-state index is 0.782. The lowest BCUT2D eigenvalue weighted by molar-refractivity contribution is 0.278. The van der Waals surface area contributed by atoms with Gasteiger partial charge in [0.1, 0.15) is 12.1 Å². The van der Waals surface area contributed by atoms with Crippen molar-refractivity contribution in [2.75, 3.05) is 37.6 Å². The van der Waals surface area contributed by atoms with Gasteiger partial charge in [-0.3, -0.25) is 4.90 Å². The molecule has 0 spiro atoms. The molecule has 25 heavy (non-hydrogen) atoms. The first kappa shape index (κ1) is 15.8. The molecule has 0 aliphatic carbocycles. The zero-order valence-corrected chi connectivity index (χ0v) is 14.4. The number of hydrogen-bond donors (Lipinski definition) is 0. The summed E-state index contributed by atoms with van der Waals surface area (Å²) in [5.41, 5.74) is 3.44. The largest absolute Gasteiger partial charge is 0.353 e. The van der Waals surface area contributed by atoms with Crippen LogP contribution < -0.4 is 4.90 Å². The average Bonchev–Trinajstić information content (AvgIpc) is 3.11. The summed E-state index contributed by atoms with van der Waals surface area (Å²) >= 11 is 0. The van der Waals surface area contributed by atoms with Crippen LogP contribution in [0.2, 0.25) is 0 Å². The number of rotatable bonds is 4. The second-order valence-corrected chi connectivity index (χ2v) is 6.49. The monoisotopic (exact) mass is 334 g/mol. The van der Waals surface area contributed by atoms with Crippen molar-refractivity contribution < 1.29 is 0 Å². The molecule has 1 aliphatic rings. The molecule has 6 heteroatoms. The molecule has 128 valence electrons. The molecule has 6 nitrogen and oxygen atoms in total. The van der Waals surface area contributed by atoms with Gasteiger partial charge in [-0.2, -0.15) is 4.52 Å². The fourth-order valence-electron chi connectivity index (χ4n) is 3.25. The lowest BCUT2D eigenvalue weighted by Crippen LogP contribution is -2.47. The molecule has 0 radical (unpaired) electrons. The highest BCUT2D eigenvalue weighted by molar-refractivity contribution is 5.52. The fraction of sp³-hybridized carbons (Fsp3) is 0.316. The Morgan fingerprint density at radius 2 is 1.84 bits per heavy atom. The second kappa shape index (κ2) is 7.03. The molecular weight excluding hydrogens is 312 g/mol. The van der Waals surface area contributed by atoms with Gasteiger partial charge < -0.3 is 4.90 Å². The maximum absolute atomic E-state index is 4.59. The Balaban J connectivity index is 1.35. The number of benzene rings is 1. The van der Waals surface area contributed by atoms with E-state index in [9.17, 15) is 0 Å². The molecule has 1 aromatic carbocycles.